The molecule has 0 spiro atoms. The molecule has 4 heteroatoms. The SMILES string of the molecule is OCc1cccc(Cl)c1OCc1ccccn1. The Hall–Kier alpha value is -1.58. The van der Waals surface area contributed by atoms with E-state index in [0.717, 1.165) is 5.69 Å². The second-order valence-electron chi connectivity index (χ2n) is 3.50. The van der Waals surface area contributed by atoms with Crippen molar-refractivity contribution < 1.29 is 9.84 Å². The van der Waals surface area contributed by atoms with E-state index in [4.69, 9.17) is 16.3 Å². The van der Waals surface area contributed by atoms with E-state index in [2.05, 4.69) is 4.98 Å². The highest BCUT2D eigenvalue weighted by Gasteiger charge is 2.07. The molecule has 1 aromatic heterocycles. The van der Waals surface area contributed by atoms with Gasteiger partial charge in [0.05, 0.1) is 17.3 Å². The number of ether oxygens (including phenoxy) is 1. The van der Waals surface area contributed by atoms with Crippen LogP contribution in [0, 0.1) is 0 Å². The highest BCUT2D eigenvalue weighted by atomic mass is 35.5. The van der Waals surface area contributed by atoms with Crippen LogP contribution in [-0.4, -0.2) is 10.1 Å². The van der Waals surface area contributed by atoms with Gasteiger partial charge in [0.2, 0.25) is 0 Å². The van der Waals surface area contributed by atoms with Gasteiger partial charge in [-0.2, -0.15) is 0 Å². The van der Waals surface area contributed by atoms with Crippen molar-refractivity contribution in [3.8, 4) is 5.75 Å². The van der Waals surface area contributed by atoms with Crippen molar-refractivity contribution >= 4 is 11.6 Å². The van der Waals surface area contributed by atoms with Crippen LogP contribution in [0.2, 0.25) is 5.02 Å². The van der Waals surface area contributed by atoms with Gasteiger partial charge in [0.15, 0.2) is 0 Å². The second-order valence-corrected chi connectivity index (χ2v) is 3.90. The number of pyridine rings is 1. The monoisotopic (exact) mass is 249 g/mol. The summed E-state index contributed by atoms with van der Waals surface area (Å²) >= 11 is 6.02. The van der Waals surface area contributed by atoms with Crippen molar-refractivity contribution in [1.82, 2.24) is 4.98 Å². The zero-order valence-electron chi connectivity index (χ0n) is 9.14. The Balaban J connectivity index is 2.14. The summed E-state index contributed by atoms with van der Waals surface area (Å²) in [4.78, 5) is 4.15. The number of halogens is 1. The summed E-state index contributed by atoms with van der Waals surface area (Å²) in [5, 5.41) is 9.68. The van der Waals surface area contributed by atoms with Gasteiger partial charge in [-0.3, -0.25) is 4.98 Å². The van der Waals surface area contributed by atoms with Crippen LogP contribution in [0.4, 0.5) is 0 Å². The normalized spacial score (nSPS) is 10.2. The Kier molecular flexibility index (Phi) is 3.96. The molecule has 0 radical (unpaired) electrons. The molecule has 0 saturated heterocycles. The molecule has 0 aliphatic rings. The minimum Gasteiger partial charge on any atom is -0.485 e. The minimum absolute atomic E-state index is 0.0991. The van der Waals surface area contributed by atoms with E-state index >= 15 is 0 Å². The van der Waals surface area contributed by atoms with Gasteiger partial charge in [0.1, 0.15) is 12.4 Å². The van der Waals surface area contributed by atoms with Crippen LogP contribution in [-0.2, 0) is 13.2 Å². The van der Waals surface area contributed by atoms with Crippen LogP contribution in [0.5, 0.6) is 5.75 Å². The maximum Gasteiger partial charge on any atom is 0.143 e. The first kappa shape index (κ1) is 11.9. The Morgan fingerprint density at radius 3 is 2.76 bits per heavy atom. The molecule has 0 amide bonds. The van der Waals surface area contributed by atoms with Gasteiger partial charge in [-0.25, -0.2) is 0 Å². The first-order chi connectivity index (χ1) is 8.31. The number of aliphatic hydroxyl groups excluding tert-OH is 1. The van der Waals surface area contributed by atoms with Gasteiger partial charge < -0.3 is 9.84 Å². The Morgan fingerprint density at radius 1 is 1.18 bits per heavy atom. The van der Waals surface area contributed by atoms with E-state index in [1.54, 1.807) is 24.4 Å². The molecule has 2 rings (SSSR count). The first-order valence-corrected chi connectivity index (χ1v) is 5.60. The number of hydrogen-bond donors (Lipinski definition) is 1. The zero-order chi connectivity index (χ0) is 12.1. The maximum absolute atomic E-state index is 9.19. The van der Waals surface area contributed by atoms with Crippen LogP contribution in [0.25, 0.3) is 0 Å². The molecular weight excluding hydrogens is 238 g/mol. The summed E-state index contributed by atoms with van der Waals surface area (Å²) in [5.74, 6) is 0.516. The summed E-state index contributed by atoms with van der Waals surface area (Å²) in [7, 11) is 0. The van der Waals surface area contributed by atoms with Crippen molar-refractivity contribution in [2.45, 2.75) is 13.2 Å². The average molecular weight is 250 g/mol. The van der Waals surface area contributed by atoms with Crippen molar-refractivity contribution in [2.24, 2.45) is 0 Å². The van der Waals surface area contributed by atoms with Gasteiger partial charge >= 0.3 is 0 Å². The summed E-state index contributed by atoms with van der Waals surface area (Å²) in [6.45, 7) is 0.232. The Bertz CT molecular complexity index is 488. The lowest BCUT2D eigenvalue weighted by atomic mass is 10.2. The van der Waals surface area contributed by atoms with Crippen LogP contribution in [0.1, 0.15) is 11.3 Å². The molecule has 0 atom stereocenters. The molecule has 88 valence electrons. The molecule has 3 nitrogen and oxygen atoms in total. The molecule has 0 fully saturated rings. The molecule has 0 unspecified atom stereocenters. The molecule has 0 aliphatic heterocycles. The Morgan fingerprint density at radius 2 is 2.06 bits per heavy atom. The molecule has 17 heavy (non-hydrogen) atoms. The molecule has 0 bridgehead atoms. The summed E-state index contributed by atoms with van der Waals surface area (Å²) < 4.78 is 5.59. The van der Waals surface area contributed by atoms with E-state index in [1.807, 2.05) is 18.2 Å². The fourth-order valence-corrected chi connectivity index (χ4v) is 1.72. The quantitative estimate of drug-likeness (QED) is 0.906. The van der Waals surface area contributed by atoms with Gasteiger partial charge in [-0.15, -0.1) is 0 Å². The summed E-state index contributed by atoms with van der Waals surface area (Å²) in [5.41, 5.74) is 1.49. The zero-order valence-corrected chi connectivity index (χ0v) is 9.89. The number of aromatic nitrogens is 1. The number of benzene rings is 1. The van der Waals surface area contributed by atoms with Crippen LogP contribution < -0.4 is 4.74 Å². The number of hydrogen-bond acceptors (Lipinski definition) is 3. The summed E-state index contributed by atoms with van der Waals surface area (Å²) in [6, 6.07) is 10.9. The number of aliphatic hydroxyl groups is 1. The average Bonchev–Trinajstić information content (AvgIpc) is 2.38. The lowest BCUT2D eigenvalue weighted by molar-refractivity contribution is 0.257. The molecule has 1 aromatic carbocycles. The third-order valence-corrected chi connectivity index (χ3v) is 2.61. The molecule has 0 aliphatic carbocycles. The molecule has 1 N–H and O–H groups in total. The molecule has 0 saturated carbocycles. The van der Waals surface area contributed by atoms with Crippen LogP contribution >= 0.6 is 11.6 Å². The lowest BCUT2D eigenvalue weighted by Gasteiger charge is -2.11. The Labute approximate surface area is 105 Å². The van der Waals surface area contributed by atoms with E-state index in [1.165, 1.54) is 0 Å². The van der Waals surface area contributed by atoms with Gasteiger partial charge in [0.25, 0.3) is 0 Å². The highest BCUT2D eigenvalue weighted by Crippen LogP contribution is 2.29. The van der Waals surface area contributed by atoms with E-state index in [0.29, 0.717) is 22.9 Å². The fourth-order valence-electron chi connectivity index (χ4n) is 1.47. The topological polar surface area (TPSA) is 42.4 Å². The summed E-state index contributed by atoms with van der Waals surface area (Å²) in [6.07, 6.45) is 1.71. The lowest BCUT2D eigenvalue weighted by Crippen LogP contribution is -2.00. The first-order valence-electron chi connectivity index (χ1n) is 5.22. The maximum atomic E-state index is 9.19. The molecule has 1 heterocycles. The highest BCUT2D eigenvalue weighted by molar-refractivity contribution is 6.32. The van der Waals surface area contributed by atoms with E-state index in [-0.39, 0.29) is 6.61 Å². The standard InChI is InChI=1S/C13H12ClNO2/c14-12-6-3-4-10(8-16)13(12)17-9-11-5-1-2-7-15-11/h1-7,16H,8-9H2. The van der Waals surface area contributed by atoms with Gasteiger partial charge in [-0.05, 0) is 18.2 Å². The third kappa shape index (κ3) is 2.96. The second kappa shape index (κ2) is 5.66. The van der Waals surface area contributed by atoms with Gasteiger partial charge in [0, 0.05) is 11.8 Å². The number of para-hydroxylation sites is 1. The number of rotatable bonds is 4. The predicted octanol–water partition coefficient (Wildman–Crippen LogP) is 2.81. The van der Waals surface area contributed by atoms with E-state index in [9.17, 15) is 5.11 Å². The van der Waals surface area contributed by atoms with Crippen molar-refractivity contribution in [3.63, 3.8) is 0 Å². The predicted molar refractivity (Wildman–Crippen MR) is 65.9 cm³/mol. The van der Waals surface area contributed by atoms with Crippen molar-refractivity contribution in [3.05, 3.63) is 58.9 Å². The van der Waals surface area contributed by atoms with Crippen molar-refractivity contribution in [1.29, 1.82) is 0 Å². The van der Waals surface area contributed by atoms with Crippen LogP contribution in [0.3, 0.4) is 0 Å². The third-order valence-electron chi connectivity index (χ3n) is 2.31. The largest absolute Gasteiger partial charge is 0.485 e. The van der Waals surface area contributed by atoms with Crippen molar-refractivity contribution in [2.75, 3.05) is 0 Å². The molecular formula is C13H12ClNO2. The fraction of sp³-hybridized carbons (Fsp3) is 0.154. The number of nitrogens with zero attached hydrogens (tertiary/aromatic N) is 1. The van der Waals surface area contributed by atoms with E-state index < -0.39 is 0 Å². The molecule has 2 aromatic rings. The minimum atomic E-state index is -0.0991. The smallest absolute Gasteiger partial charge is 0.143 e. The van der Waals surface area contributed by atoms with Gasteiger partial charge in [-0.1, -0.05) is 29.8 Å². The van der Waals surface area contributed by atoms with Crippen LogP contribution in [0.15, 0.2) is 42.6 Å².